The quantitative estimate of drug-likeness (QED) is 0.0441. The summed E-state index contributed by atoms with van der Waals surface area (Å²) >= 11 is 0. The fourth-order valence-corrected chi connectivity index (χ4v) is 6.81. The summed E-state index contributed by atoms with van der Waals surface area (Å²) in [4.78, 5) is 0. The van der Waals surface area contributed by atoms with Gasteiger partial charge in [-0.1, -0.05) is 158 Å². The van der Waals surface area contributed by atoms with Crippen LogP contribution in [0.15, 0.2) is 54.6 Å². The topological polar surface area (TPSA) is 40.5 Å². The van der Waals surface area contributed by atoms with Gasteiger partial charge in [-0.15, -0.1) is 0 Å². The molecular weight excluding hydrogens is 574 g/mol. The van der Waals surface area contributed by atoms with Crippen LogP contribution in [0.25, 0.3) is 0 Å². The second-order valence-electron chi connectivity index (χ2n) is 15.0. The van der Waals surface area contributed by atoms with Crippen LogP contribution >= 0.6 is 0 Å². The van der Waals surface area contributed by atoms with E-state index in [-0.39, 0.29) is 12.2 Å². The molecule has 0 saturated heterocycles. The molecule has 1 aromatic carbocycles. The molecule has 1 aromatic rings. The van der Waals surface area contributed by atoms with E-state index in [0.717, 1.165) is 45.1 Å². The third kappa shape index (κ3) is 28.2. The van der Waals surface area contributed by atoms with E-state index in [4.69, 9.17) is 0 Å². The van der Waals surface area contributed by atoms with Crippen molar-refractivity contribution in [3.05, 3.63) is 60.2 Å². The monoisotopic (exact) mass is 655 g/mol. The second kappa shape index (κ2) is 31.8. The van der Waals surface area contributed by atoms with Gasteiger partial charge in [-0.05, 0) is 77.0 Å². The van der Waals surface area contributed by atoms with Crippen molar-refractivity contribution in [2.75, 3.05) is 20.1 Å². The van der Waals surface area contributed by atoms with Crippen molar-refractivity contribution in [2.45, 2.75) is 200 Å². The molecule has 0 aliphatic heterocycles. The summed E-state index contributed by atoms with van der Waals surface area (Å²) in [5.41, 5.74) is 1.48. The SMILES string of the molecule is CCCCCC[C@@H](O)C/C=C\CCCCCCCC[N+](C)(CCCCCCCC/C=C\C[C@H](O)CCCCCC)Cc1ccccc1. The van der Waals surface area contributed by atoms with E-state index in [9.17, 15) is 10.2 Å². The van der Waals surface area contributed by atoms with Crippen molar-refractivity contribution >= 4 is 0 Å². The van der Waals surface area contributed by atoms with Crippen molar-refractivity contribution in [3.8, 4) is 0 Å². The average molecular weight is 655 g/mol. The van der Waals surface area contributed by atoms with Gasteiger partial charge in [0.15, 0.2) is 0 Å². The lowest BCUT2D eigenvalue weighted by Gasteiger charge is -2.35. The van der Waals surface area contributed by atoms with Crippen LogP contribution < -0.4 is 0 Å². The molecule has 0 fully saturated rings. The fraction of sp³-hybridized carbons (Fsp3) is 0.773. The number of aliphatic hydroxyl groups is 2. The Morgan fingerprint density at radius 2 is 0.915 bits per heavy atom. The van der Waals surface area contributed by atoms with Crippen LogP contribution in [0.1, 0.15) is 186 Å². The molecule has 0 spiro atoms. The highest BCUT2D eigenvalue weighted by Gasteiger charge is 2.21. The predicted molar refractivity (Wildman–Crippen MR) is 208 cm³/mol. The molecule has 0 aliphatic rings. The Morgan fingerprint density at radius 1 is 0.511 bits per heavy atom. The highest BCUT2D eigenvalue weighted by molar-refractivity contribution is 5.13. The van der Waals surface area contributed by atoms with Crippen LogP contribution in [0.4, 0.5) is 0 Å². The Hall–Kier alpha value is -1.42. The summed E-state index contributed by atoms with van der Waals surface area (Å²) in [6, 6.07) is 11.1. The summed E-state index contributed by atoms with van der Waals surface area (Å²) in [6.45, 7) is 8.20. The van der Waals surface area contributed by atoms with Gasteiger partial charge in [0.05, 0.1) is 32.3 Å². The first-order chi connectivity index (χ1) is 23.0. The molecule has 0 aliphatic carbocycles. The van der Waals surface area contributed by atoms with E-state index < -0.39 is 0 Å². The number of rotatable bonds is 34. The van der Waals surface area contributed by atoms with Gasteiger partial charge in [0, 0.05) is 5.56 Å². The molecule has 0 radical (unpaired) electrons. The van der Waals surface area contributed by atoms with Gasteiger partial charge in [-0.25, -0.2) is 0 Å². The highest BCUT2D eigenvalue weighted by Crippen LogP contribution is 2.19. The number of quaternary nitrogens is 1. The van der Waals surface area contributed by atoms with Crippen LogP contribution in [0.5, 0.6) is 0 Å². The Labute approximate surface area is 293 Å². The van der Waals surface area contributed by atoms with Crippen molar-refractivity contribution in [2.24, 2.45) is 0 Å². The Morgan fingerprint density at radius 3 is 1.36 bits per heavy atom. The third-order valence-electron chi connectivity index (χ3n) is 9.98. The number of aliphatic hydroxyl groups excluding tert-OH is 2. The zero-order valence-electron chi connectivity index (χ0n) is 31.7. The lowest BCUT2D eigenvalue weighted by molar-refractivity contribution is -0.923. The lowest BCUT2D eigenvalue weighted by atomic mass is 10.1. The summed E-state index contributed by atoms with van der Waals surface area (Å²) in [5.74, 6) is 0. The Balaban J connectivity index is 2.15. The normalized spacial score (nSPS) is 13.6. The van der Waals surface area contributed by atoms with Gasteiger partial charge < -0.3 is 14.7 Å². The van der Waals surface area contributed by atoms with Gasteiger partial charge in [0.2, 0.25) is 0 Å². The van der Waals surface area contributed by atoms with Crippen LogP contribution in [0.3, 0.4) is 0 Å². The maximum Gasteiger partial charge on any atom is 0.104 e. The first kappa shape index (κ1) is 43.6. The van der Waals surface area contributed by atoms with Gasteiger partial charge in [-0.3, -0.25) is 0 Å². The maximum atomic E-state index is 10.1. The standard InChI is InChI=1S/C44H80NO2/c1-4-6-8-27-35-43(46)37-29-20-16-12-10-14-18-22-31-39-45(3,41-42-33-25-24-26-34-42)40-32-23-19-15-11-13-17-21-30-38-44(47)36-28-9-7-5-2/h20-21,24-26,29-30,33-34,43-44,46-47H,4-19,22-23,27-28,31-32,35-41H2,1-3H3/q+1/b29-20-,30-21-/t43-,44-/m1/s1. The van der Waals surface area contributed by atoms with E-state index in [1.165, 1.54) is 152 Å². The molecule has 0 saturated carbocycles. The number of benzene rings is 1. The highest BCUT2D eigenvalue weighted by atomic mass is 16.3. The summed E-state index contributed by atoms with van der Waals surface area (Å²) in [7, 11) is 2.50. The molecule has 0 unspecified atom stereocenters. The molecule has 272 valence electrons. The molecule has 3 nitrogen and oxygen atoms in total. The van der Waals surface area contributed by atoms with Gasteiger partial charge in [0.25, 0.3) is 0 Å². The van der Waals surface area contributed by atoms with E-state index >= 15 is 0 Å². The number of hydrogen-bond acceptors (Lipinski definition) is 2. The number of nitrogens with zero attached hydrogens (tertiary/aromatic N) is 1. The molecule has 1 rings (SSSR count). The van der Waals surface area contributed by atoms with E-state index in [1.807, 2.05) is 0 Å². The largest absolute Gasteiger partial charge is 0.393 e. The molecule has 2 N–H and O–H groups in total. The Bertz CT molecular complexity index is 789. The average Bonchev–Trinajstić information content (AvgIpc) is 3.07. The van der Waals surface area contributed by atoms with Crippen molar-refractivity contribution in [1.29, 1.82) is 0 Å². The minimum Gasteiger partial charge on any atom is -0.393 e. The number of allylic oxidation sites excluding steroid dienone is 2. The first-order valence-corrected chi connectivity index (χ1v) is 20.5. The van der Waals surface area contributed by atoms with E-state index in [2.05, 4.69) is 75.5 Å². The van der Waals surface area contributed by atoms with Gasteiger partial charge >= 0.3 is 0 Å². The first-order valence-electron chi connectivity index (χ1n) is 20.5. The van der Waals surface area contributed by atoms with E-state index in [0.29, 0.717) is 0 Å². The predicted octanol–water partition coefficient (Wildman–Crippen LogP) is 12.6. The van der Waals surface area contributed by atoms with Crippen LogP contribution in [0, 0.1) is 0 Å². The fourth-order valence-electron chi connectivity index (χ4n) is 6.81. The van der Waals surface area contributed by atoms with Gasteiger partial charge in [0.1, 0.15) is 6.54 Å². The molecule has 0 amide bonds. The molecular formula is C44H80NO2+. The zero-order chi connectivity index (χ0) is 34.1. The molecule has 3 heteroatoms. The summed E-state index contributed by atoms with van der Waals surface area (Å²) < 4.78 is 1.18. The second-order valence-corrected chi connectivity index (χ2v) is 15.0. The van der Waals surface area contributed by atoms with Crippen molar-refractivity contribution < 1.29 is 14.7 Å². The molecule has 0 bridgehead atoms. The minimum absolute atomic E-state index is 0.145. The smallest absolute Gasteiger partial charge is 0.104 e. The maximum absolute atomic E-state index is 10.1. The molecule has 0 heterocycles. The van der Waals surface area contributed by atoms with E-state index in [1.54, 1.807) is 0 Å². The molecule has 2 atom stereocenters. The lowest BCUT2D eigenvalue weighted by Crippen LogP contribution is -2.44. The minimum atomic E-state index is -0.145. The number of unbranched alkanes of at least 4 members (excludes halogenated alkanes) is 18. The van der Waals surface area contributed by atoms with Gasteiger partial charge in [-0.2, -0.15) is 0 Å². The Kier molecular flexibility index (Phi) is 29.5. The van der Waals surface area contributed by atoms with Crippen LogP contribution in [-0.2, 0) is 6.54 Å². The number of hydrogen-bond donors (Lipinski definition) is 2. The zero-order valence-corrected chi connectivity index (χ0v) is 31.7. The third-order valence-corrected chi connectivity index (χ3v) is 9.98. The molecule has 0 aromatic heterocycles. The summed E-state index contributed by atoms with van der Waals surface area (Å²) in [6.07, 6.45) is 40.6. The van der Waals surface area contributed by atoms with Crippen LogP contribution in [0.2, 0.25) is 0 Å². The summed E-state index contributed by atoms with van der Waals surface area (Å²) in [5, 5.41) is 20.2. The van der Waals surface area contributed by atoms with Crippen molar-refractivity contribution in [1.82, 2.24) is 0 Å². The van der Waals surface area contributed by atoms with Crippen molar-refractivity contribution in [3.63, 3.8) is 0 Å². The van der Waals surface area contributed by atoms with Crippen LogP contribution in [-0.4, -0.2) is 47.0 Å². The molecule has 47 heavy (non-hydrogen) atoms.